The molecule has 1 aromatic rings. The molecule has 0 saturated heterocycles. The predicted molar refractivity (Wildman–Crippen MR) is 94.4 cm³/mol. The monoisotopic (exact) mass is 308 g/mol. The standard InChI is InChI=1S/C19H36N2O/c1-5-7-9-11-13-15-19(3,14-12-10-8-6-2)17-16-20-21(4)18(17)22/h16,22H,5-15H2,1-4H3. The molecule has 1 atom stereocenters. The van der Waals surface area contributed by atoms with E-state index in [-0.39, 0.29) is 5.41 Å². The normalized spacial score (nSPS) is 14.2. The van der Waals surface area contributed by atoms with E-state index < -0.39 is 0 Å². The topological polar surface area (TPSA) is 38.0 Å². The zero-order valence-corrected chi connectivity index (χ0v) is 15.2. The molecule has 1 N–H and O–H groups in total. The summed E-state index contributed by atoms with van der Waals surface area (Å²) in [5.74, 6) is 0.353. The van der Waals surface area contributed by atoms with Crippen molar-refractivity contribution in [2.24, 2.45) is 7.05 Å². The van der Waals surface area contributed by atoms with Crippen LogP contribution in [0.3, 0.4) is 0 Å². The van der Waals surface area contributed by atoms with Crippen LogP contribution in [0.15, 0.2) is 6.20 Å². The Morgan fingerprint density at radius 3 is 1.91 bits per heavy atom. The lowest BCUT2D eigenvalue weighted by molar-refractivity contribution is 0.338. The average molecular weight is 309 g/mol. The average Bonchev–Trinajstić information content (AvgIpc) is 2.84. The molecule has 0 amide bonds. The van der Waals surface area contributed by atoms with Gasteiger partial charge in [0, 0.05) is 12.6 Å². The molecule has 0 spiro atoms. The van der Waals surface area contributed by atoms with Gasteiger partial charge < -0.3 is 5.11 Å². The van der Waals surface area contributed by atoms with Gasteiger partial charge in [-0.15, -0.1) is 0 Å². The Morgan fingerprint density at radius 1 is 0.955 bits per heavy atom. The molecule has 1 unspecified atom stereocenters. The molecule has 0 aromatic carbocycles. The summed E-state index contributed by atoms with van der Waals surface area (Å²) in [4.78, 5) is 0. The van der Waals surface area contributed by atoms with Gasteiger partial charge in [-0.05, 0) is 18.3 Å². The van der Waals surface area contributed by atoms with Crippen LogP contribution < -0.4 is 0 Å². The summed E-state index contributed by atoms with van der Waals surface area (Å²) in [7, 11) is 1.82. The first kappa shape index (κ1) is 19.1. The van der Waals surface area contributed by atoms with Gasteiger partial charge in [-0.25, -0.2) is 4.68 Å². The Kier molecular flexibility index (Phi) is 8.59. The van der Waals surface area contributed by atoms with Crippen LogP contribution in [0.4, 0.5) is 0 Å². The van der Waals surface area contributed by atoms with Crippen molar-refractivity contribution in [2.45, 2.75) is 96.8 Å². The minimum Gasteiger partial charge on any atom is -0.493 e. The summed E-state index contributed by atoms with van der Waals surface area (Å²) in [6, 6.07) is 0. The fourth-order valence-electron chi connectivity index (χ4n) is 3.31. The van der Waals surface area contributed by atoms with Gasteiger partial charge in [0.1, 0.15) is 0 Å². The molecule has 22 heavy (non-hydrogen) atoms. The van der Waals surface area contributed by atoms with E-state index in [4.69, 9.17) is 0 Å². The summed E-state index contributed by atoms with van der Waals surface area (Å²) in [6.45, 7) is 6.82. The van der Waals surface area contributed by atoms with Crippen molar-refractivity contribution in [2.75, 3.05) is 0 Å². The molecule has 3 heteroatoms. The number of nitrogens with zero attached hydrogens (tertiary/aromatic N) is 2. The first-order valence-electron chi connectivity index (χ1n) is 9.26. The number of hydrogen-bond acceptors (Lipinski definition) is 2. The minimum absolute atomic E-state index is 0.0678. The van der Waals surface area contributed by atoms with Gasteiger partial charge in [-0.2, -0.15) is 5.10 Å². The Morgan fingerprint density at radius 2 is 1.45 bits per heavy atom. The van der Waals surface area contributed by atoms with E-state index in [1.807, 2.05) is 13.2 Å². The Labute approximate surface area is 137 Å². The van der Waals surface area contributed by atoms with Crippen LogP contribution in [0.2, 0.25) is 0 Å². The first-order chi connectivity index (χ1) is 10.5. The fraction of sp³-hybridized carbons (Fsp3) is 0.842. The second kappa shape index (κ2) is 9.91. The lowest BCUT2D eigenvalue weighted by Crippen LogP contribution is -2.22. The van der Waals surface area contributed by atoms with Gasteiger partial charge in [-0.1, -0.05) is 78.6 Å². The zero-order valence-electron chi connectivity index (χ0n) is 15.2. The maximum atomic E-state index is 10.3. The molecule has 0 aliphatic heterocycles. The third kappa shape index (κ3) is 5.66. The lowest BCUT2D eigenvalue weighted by atomic mass is 9.75. The second-order valence-corrected chi connectivity index (χ2v) is 7.04. The molecule has 1 aromatic heterocycles. The van der Waals surface area contributed by atoms with E-state index in [0.717, 1.165) is 18.4 Å². The molecule has 0 bridgehead atoms. The first-order valence-corrected chi connectivity index (χ1v) is 9.26. The highest BCUT2D eigenvalue weighted by Gasteiger charge is 2.30. The maximum Gasteiger partial charge on any atom is 0.212 e. The molecule has 3 nitrogen and oxygen atoms in total. The Balaban J connectivity index is 2.65. The van der Waals surface area contributed by atoms with Crippen molar-refractivity contribution in [1.82, 2.24) is 9.78 Å². The summed E-state index contributed by atoms with van der Waals surface area (Å²) in [5.41, 5.74) is 1.11. The highest BCUT2D eigenvalue weighted by atomic mass is 16.3. The number of aromatic nitrogens is 2. The lowest BCUT2D eigenvalue weighted by Gasteiger charge is -2.29. The fourth-order valence-corrected chi connectivity index (χ4v) is 3.31. The van der Waals surface area contributed by atoms with Crippen LogP contribution >= 0.6 is 0 Å². The zero-order chi connectivity index (χ0) is 16.4. The Bertz CT molecular complexity index is 414. The number of rotatable bonds is 12. The Hall–Kier alpha value is -0.990. The van der Waals surface area contributed by atoms with Crippen molar-refractivity contribution in [3.05, 3.63) is 11.8 Å². The van der Waals surface area contributed by atoms with E-state index >= 15 is 0 Å². The molecule has 0 fully saturated rings. The minimum atomic E-state index is 0.0678. The molecule has 128 valence electrons. The van der Waals surface area contributed by atoms with Crippen LogP contribution in [-0.2, 0) is 12.5 Å². The van der Waals surface area contributed by atoms with Crippen LogP contribution in [0.1, 0.15) is 97.0 Å². The molecule has 0 saturated carbocycles. The van der Waals surface area contributed by atoms with Gasteiger partial charge in [0.2, 0.25) is 5.88 Å². The largest absolute Gasteiger partial charge is 0.493 e. The number of hydrogen-bond donors (Lipinski definition) is 1. The highest BCUT2D eigenvalue weighted by molar-refractivity contribution is 5.31. The van der Waals surface area contributed by atoms with E-state index in [1.165, 1.54) is 57.8 Å². The predicted octanol–water partition coefficient (Wildman–Crippen LogP) is 5.71. The molecule has 1 rings (SSSR count). The summed E-state index contributed by atoms with van der Waals surface area (Å²) >= 11 is 0. The van der Waals surface area contributed by atoms with Crippen LogP contribution in [0.25, 0.3) is 0 Å². The summed E-state index contributed by atoms with van der Waals surface area (Å²) in [6.07, 6.45) is 15.8. The van der Waals surface area contributed by atoms with Crippen molar-refractivity contribution in [1.29, 1.82) is 0 Å². The SMILES string of the molecule is CCCCCCCC(C)(CCCCCC)c1cnn(C)c1O. The van der Waals surface area contributed by atoms with Crippen molar-refractivity contribution < 1.29 is 5.11 Å². The smallest absolute Gasteiger partial charge is 0.212 e. The van der Waals surface area contributed by atoms with E-state index in [9.17, 15) is 5.11 Å². The molecule has 1 heterocycles. The quantitative estimate of drug-likeness (QED) is 0.502. The molecule has 0 radical (unpaired) electrons. The number of unbranched alkanes of at least 4 members (excludes halogenated alkanes) is 7. The molecular formula is C19H36N2O. The van der Waals surface area contributed by atoms with E-state index in [1.54, 1.807) is 4.68 Å². The number of aryl methyl sites for hydroxylation is 1. The molecular weight excluding hydrogens is 272 g/mol. The highest BCUT2D eigenvalue weighted by Crippen LogP contribution is 2.39. The van der Waals surface area contributed by atoms with Gasteiger partial charge in [-0.3, -0.25) is 0 Å². The summed E-state index contributed by atoms with van der Waals surface area (Å²) in [5, 5.41) is 14.6. The number of aromatic hydroxyl groups is 1. The van der Waals surface area contributed by atoms with Gasteiger partial charge in [0.05, 0.1) is 6.20 Å². The van der Waals surface area contributed by atoms with Crippen LogP contribution in [0, 0.1) is 0 Å². The van der Waals surface area contributed by atoms with Crippen molar-refractivity contribution >= 4 is 0 Å². The third-order valence-corrected chi connectivity index (χ3v) is 4.97. The third-order valence-electron chi connectivity index (χ3n) is 4.97. The summed E-state index contributed by atoms with van der Waals surface area (Å²) < 4.78 is 1.59. The van der Waals surface area contributed by atoms with Gasteiger partial charge in [0.25, 0.3) is 0 Å². The second-order valence-electron chi connectivity index (χ2n) is 7.04. The molecule has 0 aliphatic rings. The van der Waals surface area contributed by atoms with Crippen LogP contribution in [0.5, 0.6) is 5.88 Å². The van der Waals surface area contributed by atoms with E-state index in [0.29, 0.717) is 5.88 Å². The van der Waals surface area contributed by atoms with Gasteiger partial charge in [0.15, 0.2) is 0 Å². The van der Waals surface area contributed by atoms with E-state index in [2.05, 4.69) is 25.9 Å². The van der Waals surface area contributed by atoms with Gasteiger partial charge >= 0.3 is 0 Å². The van der Waals surface area contributed by atoms with Crippen molar-refractivity contribution in [3.8, 4) is 5.88 Å². The molecule has 0 aliphatic carbocycles. The van der Waals surface area contributed by atoms with Crippen molar-refractivity contribution in [3.63, 3.8) is 0 Å². The van der Waals surface area contributed by atoms with Crippen LogP contribution in [-0.4, -0.2) is 14.9 Å². The maximum absolute atomic E-state index is 10.3.